The van der Waals surface area contributed by atoms with Crippen molar-refractivity contribution in [3.05, 3.63) is 64.8 Å². The van der Waals surface area contributed by atoms with Gasteiger partial charge in [-0.15, -0.1) is 5.10 Å². The molecule has 1 heterocycles. The van der Waals surface area contributed by atoms with Gasteiger partial charge in [0.25, 0.3) is 5.69 Å². The summed E-state index contributed by atoms with van der Waals surface area (Å²) in [5, 5.41) is 18.6. The molecule has 0 atom stereocenters. The number of benzene rings is 2. The highest BCUT2D eigenvalue weighted by Crippen LogP contribution is 2.24. The SMILES string of the molecule is Nc1ccc(-n2nncc2-c2ccc([N+](=O)[O-])cc2)cc1. The highest BCUT2D eigenvalue weighted by atomic mass is 16.6. The van der Waals surface area contributed by atoms with Crippen molar-refractivity contribution in [1.29, 1.82) is 0 Å². The maximum Gasteiger partial charge on any atom is 0.269 e. The molecule has 21 heavy (non-hydrogen) atoms. The van der Waals surface area contributed by atoms with Gasteiger partial charge in [0, 0.05) is 23.4 Å². The smallest absolute Gasteiger partial charge is 0.269 e. The highest BCUT2D eigenvalue weighted by Gasteiger charge is 2.11. The van der Waals surface area contributed by atoms with Crippen molar-refractivity contribution < 1.29 is 4.92 Å². The van der Waals surface area contributed by atoms with Gasteiger partial charge < -0.3 is 5.73 Å². The zero-order chi connectivity index (χ0) is 14.8. The second kappa shape index (κ2) is 5.04. The van der Waals surface area contributed by atoms with Crippen LogP contribution in [0.25, 0.3) is 16.9 Å². The van der Waals surface area contributed by atoms with E-state index in [2.05, 4.69) is 10.3 Å². The standard InChI is InChI=1S/C14H11N5O2/c15-11-3-7-12(8-4-11)18-14(9-16-17-18)10-1-5-13(6-2-10)19(20)21/h1-9H,15H2. The number of nitrogens with zero attached hydrogens (tertiary/aromatic N) is 4. The minimum atomic E-state index is -0.431. The van der Waals surface area contributed by atoms with Gasteiger partial charge in [-0.05, 0) is 36.4 Å². The van der Waals surface area contributed by atoms with Gasteiger partial charge in [-0.25, -0.2) is 4.68 Å². The number of non-ortho nitro benzene ring substituents is 1. The van der Waals surface area contributed by atoms with Gasteiger partial charge in [0.05, 0.1) is 22.5 Å². The lowest BCUT2D eigenvalue weighted by Crippen LogP contribution is -1.99. The van der Waals surface area contributed by atoms with E-state index < -0.39 is 4.92 Å². The fourth-order valence-corrected chi connectivity index (χ4v) is 1.99. The number of hydrogen-bond acceptors (Lipinski definition) is 5. The van der Waals surface area contributed by atoms with Crippen LogP contribution in [-0.2, 0) is 0 Å². The summed E-state index contributed by atoms with van der Waals surface area (Å²) in [4.78, 5) is 10.3. The molecule has 0 aliphatic heterocycles. The minimum Gasteiger partial charge on any atom is -0.399 e. The number of hydrogen-bond donors (Lipinski definition) is 1. The number of rotatable bonds is 3. The van der Waals surface area contributed by atoms with Gasteiger partial charge >= 0.3 is 0 Å². The minimum absolute atomic E-state index is 0.0465. The summed E-state index contributed by atoms with van der Waals surface area (Å²) < 4.78 is 1.65. The summed E-state index contributed by atoms with van der Waals surface area (Å²) >= 11 is 0. The molecule has 7 nitrogen and oxygen atoms in total. The van der Waals surface area contributed by atoms with E-state index in [4.69, 9.17) is 5.73 Å². The van der Waals surface area contributed by atoms with E-state index in [9.17, 15) is 10.1 Å². The molecule has 0 unspecified atom stereocenters. The molecule has 0 aliphatic rings. The second-order valence-electron chi connectivity index (χ2n) is 4.43. The molecule has 2 aromatic carbocycles. The van der Waals surface area contributed by atoms with Gasteiger partial charge in [0.2, 0.25) is 0 Å². The van der Waals surface area contributed by atoms with E-state index in [0.717, 1.165) is 16.9 Å². The van der Waals surface area contributed by atoms with Crippen LogP contribution in [-0.4, -0.2) is 19.9 Å². The molecule has 1 aromatic heterocycles. The maximum absolute atomic E-state index is 10.7. The summed E-state index contributed by atoms with van der Waals surface area (Å²) in [6.07, 6.45) is 1.61. The first-order chi connectivity index (χ1) is 10.1. The molecule has 0 amide bonds. The molecule has 3 rings (SSSR count). The summed E-state index contributed by atoms with van der Waals surface area (Å²) in [5.74, 6) is 0. The van der Waals surface area contributed by atoms with Gasteiger partial charge in [-0.1, -0.05) is 5.21 Å². The van der Waals surface area contributed by atoms with Gasteiger partial charge in [0.15, 0.2) is 0 Å². The number of nitro groups is 1. The molecule has 0 fully saturated rings. The highest BCUT2D eigenvalue weighted by molar-refractivity contribution is 5.62. The Morgan fingerprint density at radius 3 is 2.33 bits per heavy atom. The van der Waals surface area contributed by atoms with Crippen LogP contribution in [0.3, 0.4) is 0 Å². The zero-order valence-electron chi connectivity index (χ0n) is 10.9. The Kier molecular flexibility index (Phi) is 3.07. The topological polar surface area (TPSA) is 99.9 Å². The largest absolute Gasteiger partial charge is 0.399 e. The van der Waals surface area contributed by atoms with Crippen LogP contribution in [0.4, 0.5) is 11.4 Å². The van der Waals surface area contributed by atoms with Gasteiger partial charge in [0.1, 0.15) is 0 Å². The normalized spacial score (nSPS) is 10.5. The molecule has 0 saturated heterocycles. The molecule has 104 valence electrons. The molecule has 0 radical (unpaired) electrons. The summed E-state index contributed by atoms with van der Waals surface area (Å²) in [7, 11) is 0. The van der Waals surface area contributed by atoms with Crippen LogP contribution < -0.4 is 5.73 Å². The lowest BCUT2D eigenvalue weighted by Gasteiger charge is -2.06. The summed E-state index contributed by atoms with van der Waals surface area (Å²) in [6, 6.07) is 13.5. The van der Waals surface area contributed by atoms with E-state index in [0.29, 0.717) is 5.69 Å². The van der Waals surface area contributed by atoms with Crippen LogP contribution in [0.1, 0.15) is 0 Å². The third-order valence-electron chi connectivity index (χ3n) is 3.06. The van der Waals surface area contributed by atoms with Crippen LogP contribution in [0.2, 0.25) is 0 Å². The van der Waals surface area contributed by atoms with Gasteiger partial charge in [-0.3, -0.25) is 10.1 Å². The number of nitrogen functional groups attached to an aromatic ring is 1. The number of nitrogens with two attached hydrogens (primary N) is 1. The quantitative estimate of drug-likeness (QED) is 0.451. The zero-order valence-corrected chi connectivity index (χ0v) is 10.9. The Morgan fingerprint density at radius 2 is 1.71 bits per heavy atom. The fraction of sp³-hybridized carbons (Fsp3) is 0. The number of aromatic nitrogens is 3. The van der Waals surface area contributed by atoms with Crippen LogP contribution >= 0.6 is 0 Å². The molecule has 0 saturated carbocycles. The third-order valence-corrected chi connectivity index (χ3v) is 3.06. The van der Waals surface area contributed by atoms with Crippen molar-refractivity contribution in [2.45, 2.75) is 0 Å². The Labute approximate surface area is 119 Å². The Hall–Kier alpha value is -3.22. The Balaban J connectivity index is 2.02. The summed E-state index contributed by atoms with van der Waals surface area (Å²) in [5.41, 5.74) is 8.73. The maximum atomic E-state index is 10.7. The fourth-order valence-electron chi connectivity index (χ4n) is 1.99. The van der Waals surface area contributed by atoms with Crippen LogP contribution in [0.5, 0.6) is 0 Å². The predicted octanol–water partition coefficient (Wildman–Crippen LogP) is 2.42. The van der Waals surface area contributed by atoms with E-state index >= 15 is 0 Å². The van der Waals surface area contributed by atoms with E-state index in [1.807, 2.05) is 12.1 Å². The van der Waals surface area contributed by atoms with Crippen molar-refractivity contribution in [2.24, 2.45) is 0 Å². The van der Waals surface area contributed by atoms with Crippen molar-refractivity contribution in [3.63, 3.8) is 0 Å². The molecule has 3 aromatic rings. The third kappa shape index (κ3) is 2.44. The Bertz CT molecular complexity index is 778. The van der Waals surface area contributed by atoms with Crippen molar-refractivity contribution in [1.82, 2.24) is 15.0 Å². The van der Waals surface area contributed by atoms with E-state index in [1.54, 1.807) is 35.1 Å². The predicted molar refractivity (Wildman–Crippen MR) is 77.9 cm³/mol. The lowest BCUT2D eigenvalue weighted by molar-refractivity contribution is -0.384. The van der Waals surface area contributed by atoms with E-state index in [-0.39, 0.29) is 5.69 Å². The van der Waals surface area contributed by atoms with Crippen LogP contribution in [0, 0.1) is 10.1 Å². The average Bonchev–Trinajstić information content (AvgIpc) is 2.97. The lowest BCUT2D eigenvalue weighted by atomic mass is 10.1. The Morgan fingerprint density at radius 1 is 1.05 bits per heavy atom. The van der Waals surface area contributed by atoms with Crippen molar-refractivity contribution in [2.75, 3.05) is 5.73 Å². The molecule has 2 N–H and O–H groups in total. The molecule has 0 bridgehead atoms. The molecular formula is C14H11N5O2. The molecule has 7 heteroatoms. The number of anilines is 1. The summed E-state index contributed by atoms with van der Waals surface area (Å²) in [6.45, 7) is 0. The molecule has 0 spiro atoms. The molecule has 0 aliphatic carbocycles. The van der Waals surface area contributed by atoms with Gasteiger partial charge in [-0.2, -0.15) is 0 Å². The van der Waals surface area contributed by atoms with Crippen molar-refractivity contribution in [3.8, 4) is 16.9 Å². The van der Waals surface area contributed by atoms with Crippen molar-refractivity contribution >= 4 is 11.4 Å². The first-order valence-corrected chi connectivity index (χ1v) is 6.16. The van der Waals surface area contributed by atoms with Crippen LogP contribution in [0.15, 0.2) is 54.7 Å². The first-order valence-electron chi connectivity index (χ1n) is 6.16. The van der Waals surface area contributed by atoms with E-state index in [1.165, 1.54) is 12.1 Å². The number of nitro benzene ring substituents is 1. The molecular weight excluding hydrogens is 270 g/mol. The monoisotopic (exact) mass is 281 g/mol. The first kappa shape index (κ1) is 12.8. The second-order valence-corrected chi connectivity index (χ2v) is 4.43. The average molecular weight is 281 g/mol.